The van der Waals surface area contributed by atoms with Gasteiger partial charge in [-0.1, -0.05) is 101 Å². The maximum absolute atomic E-state index is 13.5. The minimum absolute atomic E-state index is 0.0609. The van der Waals surface area contributed by atoms with Crippen molar-refractivity contribution in [2.24, 2.45) is 0 Å². The van der Waals surface area contributed by atoms with E-state index in [1.54, 1.807) is 91.0 Å². The number of nitrogens with one attached hydrogen (secondary N) is 3. The van der Waals surface area contributed by atoms with Gasteiger partial charge >= 0.3 is 0 Å². The summed E-state index contributed by atoms with van der Waals surface area (Å²) < 4.78 is 0. The molecule has 11 heteroatoms. The quantitative estimate of drug-likeness (QED) is 0.0990. The molecule has 0 aliphatic heterocycles. The van der Waals surface area contributed by atoms with E-state index in [0.29, 0.717) is 42.6 Å². The molecule has 3 amide bonds. The summed E-state index contributed by atoms with van der Waals surface area (Å²) in [6.45, 7) is 0. The molecule has 3 N–H and O–H groups in total. The van der Waals surface area contributed by atoms with Crippen LogP contribution in [0.15, 0.2) is 132 Å². The molecular weight excluding hydrogens is 696 g/mol. The van der Waals surface area contributed by atoms with Crippen LogP contribution in [0, 0.1) is 0 Å². The summed E-state index contributed by atoms with van der Waals surface area (Å²) in [6.07, 6.45) is 1.43. The van der Waals surface area contributed by atoms with Gasteiger partial charge in [-0.3, -0.25) is 14.4 Å². The molecular formula is C36H25Cl4N3O3S. The highest BCUT2D eigenvalue weighted by Gasteiger charge is 2.23. The standard InChI is InChI=1S/C36H25Cl4N3O3S/c37-24-18-25(38)20-27(19-24)42-36(46)33(22-8-3-1-4-9-22)47-28-16-14-26(15-17-28)41-35(45)32(21-29-30(39)12-7-13-31(29)40)43-34(44)23-10-5-2-6-11-23/h1-21,33H,(H,41,45)(H,42,46)(H,43,44)/b32-21-. The van der Waals surface area contributed by atoms with Crippen LogP contribution in [0.1, 0.15) is 26.7 Å². The summed E-state index contributed by atoms with van der Waals surface area (Å²) in [5.41, 5.74) is 2.42. The zero-order valence-corrected chi connectivity index (χ0v) is 28.2. The second-order valence-corrected chi connectivity index (χ2v) is 12.9. The summed E-state index contributed by atoms with van der Waals surface area (Å²) in [7, 11) is 0. The first-order chi connectivity index (χ1) is 22.7. The molecule has 5 aromatic carbocycles. The van der Waals surface area contributed by atoms with E-state index in [0.717, 1.165) is 10.5 Å². The molecule has 236 valence electrons. The Hall–Kier alpha value is -4.24. The van der Waals surface area contributed by atoms with Crippen LogP contribution in [-0.2, 0) is 9.59 Å². The minimum atomic E-state index is -0.613. The van der Waals surface area contributed by atoms with Gasteiger partial charge < -0.3 is 16.0 Å². The average Bonchev–Trinajstić information content (AvgIpc) is 3.05. The molecule has 5 rings (SSSR count). The number of hydrogen-bond donors (Lipinski definition) is 3. The summed E-state index contributed by atoms with van der Waals surface area (Å²) in [6, 6.07) is 34.6. The van der Waals surface area contributed by atoms with Crippen molar-refractivity contribution in [3.05, 3.63) is 164 Å². The fourth-order valence-electron chi connectivity index (χ4n) is 4.42. The van der Waals surface area contributed by atoms with Crippen LogP contribution in [0.25, 0.3) is 6.08 Å². The number of anilines is 2. The Kier molecular flexibility index (Phi) is 11.6. The largest absolute Gasteiger partial charge is 0.325 e. The van der Waals surface area contributed by atoms with Crippen LogP contribution in [-0.4, -0.2) is 17.7 Å². The van der Waals surface area contributed by atoms with Crippen molar-refractivity contribution in [3.63, 3.8) is 0 Å². The lowest BCUT2D eigenvalue weighted by Gasteiger charge is -2.18. The van der Waals surface area contributed by atoms with Crippen molar-refractivity contribution in [2.45, 2.75) is 10.1 Å². The highest BCUT2D eigenvalue weighted by Crippen LogP contribution is 2.37. The molecule has 1 atom stereocenters. The summed E-state index contributed by atoms with van der Waals surface area (Å²) in [5.74, 6) is -1.33. The topological polar surface area (TPSA) is 87.3 Å². The number of carbonyl (C=O) groups excluding carboxylic acids is 3. The highest BCUT2D eigenvalue weighted by atomic mass is 35.5. The Labute approximate surface area is 296 Å². The smallest absolute Gasteiger partial charge is 0.272 e. The first-order valence-electron chi connectivity index (χ1n) is 14.1. The monoisotopic (exact) mass is 719 g/mol. The van der Waals surface area contributed by atoms with E-state index in [9.17, 15) is 14.4 Å². The van der Waals surface area contributed by atoms with Gasteiger partial charge in [0.2, 0.25) is 5.91 Å². The summed E-state index contributed by atoms with van der Waals surface area (Å²) >= 11 is 26.3. The fourth-order valence-corrected chi connectivity index (χ4v) is 6.48. The van der Waals surface area contributed by atoms with E-state index >= 15 is 0 Å². The van der Waals surface area contributed by atoms with Crippen molar-refractivity contribution in [1.29, 1.82) is 0 Å². The van der Waals surface area contributed by atoms with Crippen LogP contribution in [0.3, 0.4) is 0 Å². The average molecular weight is 721 g/mol. The van der Waals surface area contributed by atoms with Crippen LogP contribution in [0.4, 0.5) is 11.4 Å². The van der Waals surface area contributed by atoms with Crippen LogP contribution in [0.5, 0.6) is 0 Å². The van der Waals surface area contributed by atoms with Crippen molar-refractivity contribution in [2.75, 3.05) is 10.6 Å². The lowest BCUT2D eigenvalue weighted by Crippen LogP contribution is -2.30. The minimum Gasteiger partial charge on any atom is -0.325 e. The van der Waals surface area contributed by atoms with E-state index in [-0.39, 0.29) is 11.6 Å². The molecule has 1 unspecified atom stereocenters. The fraction of sp³-hybridized carbons (Fsp3) is 0.0278. The molecule has 6 nitrogen and oxygen atoms in total. The van der Waals surface area contributed by atoms with Crippen LogP contribution in [0.2, 0.25) is 20.1 Å². The molecule has 0 saturated carbocycles. The molecule has 0 heterocycles. The number of carbonyl (C=O) groups is 3. The van der Waals surface area contributed by atoms with Crippen molar-refractivity contribution >= 4 is 93.3 Å². The predicted molar refractivity (Wildman–Crippen MR) is 194 cm³/mol. The van der Waals surface area contributed by atoms with Crippen molar-refractivity contribution in [3.8, 4) is 0 Å². The van der Waals surface area contributed by atoms with Crippen molar-refractivity contribution < 1.29 is 14.4 Å². The van der Waals surface area contributed by atoms with Gasteiger partial charge in [-0.2, -0.15) is 0 Å². The number of benzene rings is 5. The molecule has 0 radical (unpaired) electrons. The molecule has 5 aromatic rings. The number of halogens is 4. The number of rotatable bonds is 10. The maximum atomic E-state index is 13.5. The SMILES string of the molecule is O=C(Nc1ccc(SC(C(=O)Nc2cc(Cl)cc(Cl)c2)c2ccccc2)cc1)/C(=C/c1c(Cl)cccc1Cl)NC(=O)c1ccccc1. The lowest BCUT2D eigenvalue weighted by molar-refractivity contribution is -0.116. The molecule has 0 spiro atoms. The van der Waals surface area contributed by atoms with E-state index in [2.05, 4.69) is 16.0 Å². The van der Waals surface area contributed by atoms with Crippen LogP contribution < -0.4 is 16.0 Å². The first kappa shape index (κ1) is 34.1. The first-order valence-corrected chi connectivity index (χ1v) is 16.5. The summed E-state index contributed by atoms with van der Waals surface area (Å²) in [4.78, 5) is 40.8. The van der Waals surface area contributed by atoms with Gasteiger partial charge in [0.25, 0.3) is 11.8 Å². The van der Waals surface area contributed by atoms with Gasteiger partial charge in [0, 0.05) is 47.5 Å². The van der Waals surface area contributed by atoms with Gasteiger partial charge in [0.1, 0.15) is 10.9 Å². The van der Waals surface area contributed by atoms with E-state index in [1.807, 2.05) is 30.3 Å². The Morgan fingerprint density at radius 1 is 0.638 bits per heavy atom. The van der Waals surface area contributed by atoms with Crippen LogP contribution >= 0.6 is 58.2 Å². The molecule has 0 aliphatic rings. The highest BCUT2D eigenvalue weighted by molar-refractivity contribution is 8.00. The van der Waals surface area contributed by atoms with Gasteiger partial charge in [-0.15, -0.1) is 11.8 Å². The van der Waals surface area contributed by atoms with Crippen molar-refractivity contribution in [1.82, 2.24) is 5.32 Å². The Balaban J connectivity index is 1.35. The summed E-state index contributed by atoms with van der Waals surface area (Å²) in [5, 5.41) is 9.22. The van der Waals surface area contributed by atoms with Gasteiger partial charge in [-0.05, 0) is 78.4 Å². The maximum Gasteiger partial charge on any atom is 0.272 e. The van der Waals surface area contributed by atoms with E-state index in [1.165, 1.54) is 17.8 Å². The zero-order valence-electron chi connectivity index (χ0n) is 24.3. The third-order valence-electron chi connectivity index (χ3n) is 6.65. The third kappa shape index (κ3) is 9.41. The van der Waals surface area contributed by atoms with Gasteiger partial charge in [0.05, 0.1) is 0 Å². The molecule has 0 aliphatic carbocycles. The van der Waals surface area contributed by atoms with E-state index < -0.39 is 17.1 Å². The second-order valence-electron chi connectivity index (χ2n) is 10.0. The molecule has 0 fully saturated rings. The van der Waals surface area contributed by atoms with Gasteiger partial charge in [-0.25, -0.2) is 0 Å². The van der Waals surface area contributed by atoms with Gasteiger partial charge in [0.15, 0.2) is 0 Å². The predicted octanol–water partition coefficient (Wildman–Crippen LogP) is 10.2. The molecule has 0 aromatic heterocycles. The Morgan fingerprint density at radius 3 is 1.85 bits per heavy atom. The second kappa shape index (κ2) is 16.0. The number of hydrogen-bond acceptors (Lipinski definition) is 4. The number of thioether (sulfide) groups is 1. The Morgan fingerprint density at radius 2 is 1.23 bits per heavy atom. The third-order valence-corrected chi connectivity index (χ3v) is 9.02. The molecule has 0 saturated heterocycles. The normalized spacial score (nSPS) is 11.8. The Bertz CT molecular complexity index is 1900. The molecule has 47 heavy (non-hydrogen) atoms. The van der Waals surface area contributed by atoms with E-state index in [4.69, 9.17) is 46.4 Å². The molecule has 0 bridgehead atoms. The lowest BCUT2D eigenvalue weighted by atomic mass is 10.1. The zero-order chi connectivity index (χ0) is 33.3. The number of amides is 3.